The van der Waals surface area contributed by atoms with E-state index in [1.165, 1.54) is 0 Å². The summed E-state index contributed by atoms with van der Waals surface area (Å²) in [5.41, 5.74) is 5.54. The Kier molecular flexibility index (Phi) is 3.12. The molecule has 5 heteroatoms. The summed E-state index contributed by atoms with van der Waals surface area (Å²) in [6, 6.07) is 13.8. The summed E-state index contributed by atoms with van der Waals surface area (Å²) in [5.74, 6) is -0.0273. The third kappa shape index (κ3) is 2.46. The van der Waals surface area contributed by atoms with Crippen molar-refractivity contribution < 1.29 is 4.79 Å². The van der Waals surface area contributed by atoms with Crippen molar-refractivity contribution >= 4 is 44.1 Å². The van der Waals surface area contributed by atoms with Crippen LogP contribution in [0.2, 0.25) is 0 Å². The summed E-state index contributed by atoms with van der Waals surface area (Å²) in [6.07, 6.45) is 2.25. The lowest BCUT2D eigenvalue weighted by molar-refractivity contribution is -0.115. The van der Waals surface area contributed by atoms with Crippen LogP contribution in [0.5, 0.6) is 0 Å². The van der Waals surface area contributed by atoms with Crippen molar-refractivity contribution in [1.82, 2.24) is 9.97 Å². The number of aromatic nitrogens is 2. The molecule has 22 heavy (non-hydrogen) atoms. The Morgan fingerprint density at radius 1 is 1.18 bits per heavy atom. The van der Waals surface area contributed by atoms with Crippen LogP contribution < -0.4 is 5.32 Å². The molecule has 0 saturated carbocycles. The average molecular weight is 307 g/mol. The van der Waals surface area contributed by atoms with Gasteiger partial charge in [0.2, 0.25) is 5.91 Å². The van der Waals surface area contributed by atoms with Crippen LogP contribution in [0.3, 0.4) is 0 Å². The van der Waals surface area contributed by atoms with Gasteiger partial charge in [-0.1, -0.05) is 12.1 Å². The Morgan fingerprint density at radius 3 is 3.09 bits per heavy atom. The molecular formula is C17H13N3OS. The van der Waals surface area contributed by atoms with Gasteiger partial charge in [-0.05, 0) is 41.3 Å². The average Bonchev–Trinajstić information content (AvgIpc) is 3.14. The monoisotopic (exact) mass is 307 g/mol. The summed E-state index contributed by atoms with van der Waals surface area (Å²) in [6.45, 7) is 0. The highest BCUT2D eigenvalue weighted by atomic mass is 32.1. The number of thiazole rings is 1. The van der Waals surface area contributed by atoms with Crippen LogP contribution in [0.1, 0.15) is 5.56 Å². The first-order valence-electron chi connectivity index (χ1n) is 6.97. The van der Waals surface area contributed by atoms with Gasteiger partial charge in [-0.25, -0.2) is 4.98 Å². The molecule has 0 fully saturated rings. The lowest BCUT2D eigenvalue weighted by Crippen LogP contribution is -2.14. The molecule has 4 rings (SSSR count). The number of amides is 1. The predicted octanol–water partition coefficient (Wildman–Crippen LogP) is 3.96. The van der Waals surface area contributed by atoms with Gasteiger partial charge < -0.3 is 10.3 Å². The molecule has 2 N–H and O–H groups in total. The Bertz CT molecular complexity index is 892. The minimum absolute atomic E-state index is 0.0273. The van der Waals surface area contributed by atoms with E-state index in [4.69, 9.17) is 0 Å². The topological polar surface area (TPSA) is 57.8 Å². The molecule has 0 aliphatic carbocycles. The van der Waals surface area contributed by atoms with Crippen molar-refractivity contribution in [2.24, 2.45) is 0 Å². The maximum absolute atomic E-state index is 12.2. The molecule has 0 aliphatic rings. The molecule has 108 valence electrons. The largest absolute Gasteiger partial charge is 0.361 e. The van der Waals surface area contributed by atoms with Crippen molar-refractivity contribution in [2.45, 2.75) is 6.42 Å². The minimum atomic E-state index is -0.0273. The van der Waals surface area contributed by atoms with Gasteiger partial charge in [0.25, 0.3) is 0 Å². The second-order valence-corrected chi connectivity index (χ2v) is 6.05. The van der Waals surface area contributed by atoms with E-state index in [0.29, 0.717) is 6.42 Å². The number of carbonyl (C=O) groups excluding carboxylic acids is 1. The molecule has 4 nitrogen and oxygen atoms in total. The van der Waals surface area contributed by atoms with Crippen LogP contribution in [-0.4, -0.2) is 15.9 Å². The molecule has 2 aromatic carbocycles. The lowest BCUT2D eigenvalue weighted by atomic mass is 10.1. The number of rotatable bonds is 3. The van der Waals surface area contributed by atoms with E-state index in [2.05, 4.69) is 15.3 Å². The van der Waals surface area contributed by atoms with Gasteiger partial charge in [0.1, 0.15) is 0 Å². The van der Waals surface area contributed by atoms with Crippen molar-refractivity contribution in [3.05, 3.63) is 59.7 Å². The quantitative estimate of drug-likeness (QED) is 0.602. The number of hydrogen-bond donors (Lipinski definition) is 2. The third-order valence-electron chi connectivity index (χ3n) is 3.60. The minimum Gasteiger partial charge on any atom is -0.361 e. The summed E-state index contributed by atoms with van der Waals surface area (Å²) in [7, 11) is 0. The standard InChI is InChI=1S/C17H13N3OS/c21-17(8-11-1-2-12-5-6-18-14(12)7-11)20-13-3-4-16-15(9-13)19-10-22-16/h1-7,9-10,18H,8H2,(H,20,21). The zero-order valence-electron chi connectivity index (χ0n) is 11.7. The molecule has 0 spiro atoms. The van der Waals surface area contributed by atoms with Crippen LogP contribution >= 0.6 is 11.3 Å². The molecule has 0 unspecified atom stereocenters. The number of aromatic amines is 1. The number of nitrogens with one attached hydrogen (secondary N) is 2. The number of nitrogens with zero attached hydrogens (tertiary/aromatic N) is 1. The summed E-state index contributed by atoms with van der Waals surface area (Å²) >= 11 is 1.59. The van der Waals surface area contributed by atoms with Crippen molar-refractivity contribution in [3.8, 4) is 0 Å². The maximum Gasteiger partial charge on any atom is 0.228 e. The maximum atomic E-state index is 12.2. The summed E-state index contributed by atoms with van der Waals surface area (Å²) < 4.78 is 1.12. The fraction of sp³-hybridized carbons (Fsp3) is 0.0588. The van der Waals surface area contributed by atoms with E-state index in [1.807, 2.05) is 54.2 Å². The number of H-pyrrole nitrogens is 1. The van der Waals surface area contributed by atoms with Crippen molar-refractivity contribution in [1.29, 1.82) is 0 Å². The molecule has 0 bridgehead atoms. The third-order valence-corrected chi connectivity index (χ3v) is 4.41. The van der Waals surface area contributed by atoms with Gasteiger partial charge in [-0.2, -0.15) is 0 Å². The molecule has 0 aliphatic heterocycles. The first-order valence-corrected chi connectivity index (χ1v) is 7.85. The Hall–Kier alpha value is -2.66. The highest BCUT2D eigenvalue weighted by Crippen LogP contribution is 2.21. The second kappa shape index (κ2) is 5.27. The Balaban J connectivity index is 1.51. The van der Waals surface area contributed by atoms with Crippen LogP contribution in [-0.2, 0) is 11.2 Å². The SMILES string of the molecule is O=C(Cc1ccc2cc[nH]c2c1)Nc1ccc2scnc2c1. The van der Waals surface area contributed by atoms with Gasteiger partial charge in [0.15, 0.2) is 0 Å². The number of hydrogen-bond acceptors (Lipinski definition) is 3. The molecule has 0 saturated heterocycles. The Morgan fingerprint density at radius 2 is 2.14 bits per heavy atom. The van der Waals surface area contributed by atoms with Crippen LogP contribution in [0.4, 0.5) is 5.69 Å². The van der Waals surface area contributed by atoms with E-state index >= 15 is 0 Å². The fourth-order valence-electron chi connectivity index (χ4n) is 2.53. The molecule has 0 radical (unpaired) electrons. The van der Waals surface area contributed by atoms with E-state index in [-0.39, 0.29) is 5.91 Å². The normalized spacial score (nSPS) is 11.1. The molecule has 2 heterocycles. The number of anilines is 1. The molecule has 4 aromatic rings. The van der Waals surface area contributed by atoms with Gasteiger partial charge in [-0.15, -0.1) is 11.3 Å². The predicted molar refractivity (Wildman–Crippen MR) is 90.3 cm³/mol. The van der Waals surface area contributed by atoms with Gasteiger partial charge in [0, 0.05) is 17.4 Å². The van der Waals surface area contributed by atoms with E-state index < -0.39 is 0 Å². The Labute approximate surface area is 130 Å². The highest BCUT2D eigenvalue weighted by Gasteiger charge is 2.06. The smallest absolute Gasteiger partial charge is 0.228 e. The van der Waals surface area contributed by atoms with Gasteiger partial charge >= 0.3 is 0 Å². The second-order valence-electron chi connectivity index (χ2n) is 5.16. The zero-order valence-corrected chi connectivity index (χ0v) is 12.5. The fourth-order valence-corrected chi connectivity index (χ4v) is 3.19. The first kappa shape index (κ1) is 13.0. The van der Waals surface area contributed by atoms with E-state index in [1.54, 1.807) is 11.3 Å². The lowest BCUT2D eigenvalue weighted by Gasteiger charge is -2.05. The summed E-state index contributed by atoms with van der Waals surface area (Å²) in [4.78, 5) is 19.6. The van der Waals surface area contributed by atoms with Gasteiger partial charge in [-0.3, -0.25) is 4.79 Å². The molecular weight excluding hydrogens is 294 g/mol. The zero-order chi connectivity index (χ0) is 14.9. The first-order chi connectivity index (χ1) is 10.8. The molecule has 0 atom stereocenters. The molecule has 1 amide bonds. The number of fused-ring (bicyclic) bond motifs is 2. The van der Waals surface area contributed by atoms with E-state index in [9.17, 15) is 4.79 Å². The molecule has 2 aromatic heterocycles. The number of benzene rings is 2. The summed E-state index contributed by atoms with van der Waals surface area (Å²) in [5, 5.41) is 4.08. The van der Waals surface area contributed by atoms with Crippen molar-refractivity contribution in [2.75, 3.05) is 5.32 Å². The van der Waals surface area contributed by atoms with Crippen LogP contribution in [0.15, 0.2) is 54.2 Å². The van der Waals surface area contributed by atoms with E-state index in [0.717, 1.165) is 32.4 Å². The highest BCUT2D eigenvalue weighted by molar-refractivity contribution is 7.16. The van der Waals surface area contributed by atoms with Crippen LogP contribution in [0.25, 0.3) is 21.1 Å². The van der Waals surface area contributed by atoms with Crippen LogP contribution in [0, 0.1) is 0 Å². The van der Waals surface area contributed by atoms with Gasteiger partial charge in [0.05, 0.1) is 22.1 Å². The number of carbonyl (C=O) groups is 1. The van der Waals surface area contributed by atoms with Crippen molar-refractivity contribution in [3.63, 3.8) is 0 Å².